The van der Waals surface area contributed by atoms with Crippen molar-refractivity contribution in [2.45, 2.75) is 12.5 Å². The minimum absolute atomic E-state index is 0.108. The van der Waals surface area contributed by atoms with Gasteiger partial charge in [-0.05, 0) is 24.1 Å². The highest BCUT2D eigenvalue weighted by atomic mass is 32.2. The van der Waals surface area contributed by atoms with Crippen molar-refractivity contribution in [3.8, 4) is 0 Å². The summed E-state index contributed by atoms with van der Waals surface area (Å²) in [6.07, 6.45) is 2.16. The molecule has 18 heavy (non-hydrogen) atoms. The fourth-order valence-corrected chi connectivity index (χ4v) is 3.43. The van der Waals surface area contributed by atoms with Crippen LogP contribution in [-0.2, 0) is 9.84 Å². The van der Waals surface area contributed by atoms with Crippen LogP contribution in [0.3, 0.4) is 0 Å². The summed E-state index contributed by atoms with van der Waals surface area (Å²) in [4.78, 5) is 14.9. The van der Waals surface area contributed by atoms with Gasteiger partial charge >= 0.3 is 5.97 Å². The number of sulfone groups is 1. The average Bonchev–Trinajstić information content (AvgIpc) is 2.67. The molecule has 0 spiro atoms. The second kappa shape index (κ2) is 4.89. The maximum atomic E-state index is 11.2. The van der Waals surface area contributed by atoms with Gasteiger partial charge in [-0.2, -0.15) is 0 Å². The number of rotatable bonds is 3. The van der Waals surface area contributed by atoms with Crippen LogP contribution >= 0.6 is 0 Å². The van der Waals surface area contributed by atoms with Crippen molar-refractivity contribution < 1.29 is 18.3 Å². The van der Waals surface area contributed by atoms with Crippen molar-refractivity contribution in [2.24, 2.45) is 4.99 Å². The summed E-state index contributed by atoms with van der Waals surface area (Å²) in [5, 5.41) is 8.74. The summed E-state index contributed by atoms with van der Waals surface area (Å²) in [7, 11) is -2.91. The van der Waals surface area contributed by atoms with Gasteiger partial charge in [0.25, 0.3) is 0 Å². The molecule has 5 nitrogen and oxygen atoms in total. The summed E-state index contributed by atoms with van der Waals surface area (Å²) in [6.45, 7) is 0. The smallest absolute Gasteiger partial charge is 0.335 e. The minimum atomic E-state index is -2.91. The molecular weight excluding hydrogens is 254 g/mol. The number of carbonyl (C=O) groups is 1. The van der Waals surface area contributed by atoms with Gasteiger partial charge in [0.05, 0.1) is 23.1 Å². The number of benzene rings is 1. The molecule has 1 unspecified atom stereocenters. The van der Waals surface area contributed by atoms with Gasteiger partial charge in [-0.25, -0.2) is 13.2 Å². The van der Waals surface area contributed by atoms with Crippen LogP contribution < -0.4 is 0 Å². The molecule has 1 atom stereocenters. The van der Waals surface area contributed by atoms with E-state index in [-0.39, 0.29) is 23.1 Å². The van der Waals surface area contributed by atoms with Gasteiger partial charge in [0.1, 0.15) is 0 Å². The zero-order chi connectivity index (χ0) is 13.2. The highest BCUT2D eigenvalue weighted by molar-refractivity contribution is 7.91. The minimum Gasteiger partial charge on any atom is -0.478 e. The fraction of sp³-hybridized carbons (Fsp3) is 0.333. The van der Waals surface area contributed by atoms with E-state index >= 15 is 0 Å². The molecule has 0 amide bonds. The van der Waals surface area contributed by atoms with Crippen LogP contribution in [0, 0.1) is 0 Å². The quantitative estimate of drug-likeness (QED) is 0.828. The number of aliphatic imine (C=N–C) groups is 1. The van der Waals surface area contributed by atoms with Crippen molar-refractivity contribution in [3.63, 3.8) is 0 Å². The van der Waals surface area contributed by atoms with Crippen LogP contribution in [0.1, 0.15) is 22.3 Å². The first-order chi connectivity index (χ1) is 8.46. The lowest BCUT2D eigenvalue weighted by Gasteiger charge is -2.00. The number of nitrogens with zero attached hydrogens (tertiary/aromatic N) is 1. The van der Waals surface area contributed by atoms with Crippen LogP contribution in [0.4, 0.5) is 0 Å². The fourth-order valence-electron chi connectivity index (χ4n) is 1.80. The van der Waals surface area contributed by atoms with Crippen LogP contribution in [0.15, 0.2) is 29.3 Å². The Balaban J connectivity index is 2.03. The molecule has 0 saturated carbocycles. The number of hydrogen-bond donors (Lipinski definition) is 1. The number of carboxylic acids is 1. The van der Waals surface area contributed by atoms with Crippen LogP contribution in [0.25, 0.3) is 0 Å². The Labute approximate surface area is 105 Å². The predicted molar refractivity (Wildman–Crippen MR) is 68.1 cm³/mol. The molecule has 1 aliphatic rings. The van der Waals surface area contributed by atoms with Crippen molar-refractivity contribution in [1.82, 2.24) is 0 Å². The van der Waals surface area contributed by atoms with E-state index in [1.54, 1.807) is 18.3 Å². The van der Waals surface area contributed by atoms with E-state index in [9.17, 15) is 13.2 Å². The Morgan fingerprint density at radius 3 is 2.50 bits per heavy atom. The van der Waals surface area contributed by atoms with Crippen molar-refractivity contribution in [2.75, 3.05) is 11.5 Å². The molecule has 0 aromatic heterocycles. The van der Waals surface area contributed by atoms with E-state index in [2.05, 4.69) is 4.99 Å². The van der Waals surface area contributed by atoms with Gasteiger partial charge in [0.2, 0.25) is 0 Å². The average molecular weight is 267 g/mol. The molecular formula is C12H13NO4S. The maximum absolute atomic E-state index is 11.2. The highest BCUT2D eigenvalue weighted by Crippen LogP contribution is 2.14. The molecule has 1 aliphatic heterocycles. The van der Waals surface area contributed by atoms with E-state index in [0.29, 0.717) is 6.42 Å². The first-order valence-electron chi connectivity index (χ1n) is 5.53. The molecule has 1 saturated heterocycles. The number of hydrogen-bond acceptors (Lipinski definition) is 4. The van der Waals surface area contributed by atoms with Gasteiger partial charge in [0.15, 0.2) is 9.84 Å². The Kier molecular flexibility index (Phi) is 3.47. The SMILES string of the molecule is O=C(O)c1ccc(C=NC2CCS(=O)(=O)C2)cc1. The number of aromatic carboxylic acids is 1. The van der Waals surface area contributed by atoms with Crippen LogP contribution in [0.5, 0.6) is 0 Å². The van der Waals surface area contributed by atoms with Crippen molar-refractivity contribution in [3.05, 3.63) is 35.4 Å². The van der Waals surface area contributed by atoms with Gasteiger partial charge in [-0.1, -0.05) is 12.1 Å². The third-order valence-corrected chi connectivity index (χ3v) is 4.55. The van der Waals surface area contributed by atoms with Gasteiger partial charge in [0, 0.05) is 6.21 Å². The molecule has 6 heteroatoms. The van der Waals surface area contributed by atoms with E-state index in [1.165, 1.54) is 12.1 Å². The zero-order valence-corrected chi connectivity index (χ0v) is 10.4. The largest absolute Gasteiger partial charge is 0.478 e. The normalized spacial score (nSPS) is 22.3. The molecule has 1 fully saturated rings. The van der Waals surface area contributed by atoms with E-state index < -0.39 is 15.8 Å². The first kappa shape index (κ1) is 12.8. The Morgan fingerprint density at radius 2 is 2.00 bits per heavy atom. The molecule has 2 rings (SSSR count). The number of carboxylic acid groups (broad SMARTS) is 1. The van der Waals surface area contributed by atoms with Crippen LogP contribution in [0.2, 0.25) is 0 Å². The summed E-state index contributed by atoms with van der Waals surface area (Å²) < 4.78 is 22.5. The Hall–Kier alpha value is -1.69. The molecule has 0 bridgehead atoms. The lowest BCUT2D eigenvalue weighted by molar-refractivity contribution is 0.0697. The van der Waals surface area contributed by atoms with Crippen molar-refractivity contribution in [1.29, 1.82) is 0 Å². The van der Waals surface area contributed by atoms with E-state index in [1.807, 2.05) is 0 Å². The monoisotopic (exact) mass is 267 g/mol. The lowest BCUT2D eigenvalue weighted by atomic mass is 10.1. The Morgan fingerprint density at radius 1 is 1.33 bits per heavy atom. The standard InChI is InChI=1S/C12H13NO4S/c14-12(15)10-3-1-9(2-4-10)7-13-11-5-6-18(16,17)8-11/h1-4,7,11H,5-6,8H2,(H,14,15). The second-order valence-electron chi connectivity index (χ2n) is 4.26. The van der Waals surface area contributed by atoms with Crippen LogP contribution in [-0.4, -0.2) is 43.3 Å². The topological polar surface area (TPSA) is 83.8 Å². The lowest BCUT2D eigenvalue weighted by Crippen LogP contribution is -2.07. The molecule has 1 aromatic rings. The first-order valence-corrected chi connectivity index (χ1v) is 7.35. The van der Waals surface area contributed by atoms with Gasteiger partial charge in [-0.15, -0.1) is 0 Å². The molecule has 1 heterocycles. The Bertz CT molecular complexity index is 575. The molecule has 1 aromatic carbocycles. The van der Waals surface area contributed by atoms with E-state index in [4.69, 9.17) is 5.11 Å². The summed E-state index contributed by atoms with van der Waals surface area (Å²) in [6, 6.07) is 6.12. The summed E-state index contributed by atoms with van der Waals surface area (Å²) >= 11 is 0. The molecule has 96 valence electrons. The highest BCUT2D eigenvalue weighted by Gasteiger charge is 2.26. The summed E-state index contributed by atoms with van der Waals surface area (Å²) in [5.41, 5.74) is 0.986. The third kappa shape index (κ3) is 3.16. The van der Waals surface area contributed by atoms with Crippen molar-refractivity contribution >= 4 is 22.0 Å². The van der Waals surface area contributed by atoms with Gasteiger partial charge < -0.3 is 5.11 Å². The van der Waals surface area contributed by atoms with E-state index in [0.717, 1.165) is 5.56 Å². The zero-order valence-electron chi connectivity index (χ0n) is 9.61. The molecule has 0 radical (unpaired) electrons. The maximum Gasteiger partial charge on any atom is 0.335 e. The molecule has 1 N–H and O–H groups in total. The third-order valence-electron chi connectivity index (χ3n) is 2.80. The predicted octanol–water partition coefficient (Wildman–Crippen LogP) is 0.991. The second-order valence-corrected chi connectivity index (χ2v) is 6.49. The molecule has 0 aliphatic carbocycles. The summed E-state index contributed by atoms with van der Waals surface area (Å²) in [5.74, 6) is -0.663. The van der Waals surface area contributed by atoms with Gasteiger partial charge in [-0.3, -0.25) is 4.99 Å².